The van der Waals surface area contributed by atoms with E-state index in [9.17, 15) is 4.21 Å². The van der Waals surface area contributed by atoms with E-state index in [4.69, 9.17) is 21.3 Å². The molecule has 5 rings (SSSR count). The molecule has 0 saturated carbocycles. The van der Waals surface area contributed by atoms with Crippen LogP contribution in [0.15, 0.2) is 42.6 Å². The lowest BCUT2D eigenvalue weighted by Gasteiger charge is -2.42. The second-order valence-corrected chi connectivity index (χ2v) is 11.7. The van der Waals surface area contributed by atoms with E-state index in [0.29, 0.717) is 10.8 Å². The topological polar surface area (TPSA) is 80.2 Å². The fourth-order valence-electron chi connectivity index (χ4n) is 4.36. The van der Waals surface area contributed by atoms with Gasteiger partial charge in [0.2, 0.25) is 0 Å². The first kappa shape index (κ1) is 21.6. The van der Waals surface area contributed by atoms with Gasteiger partial charge in [0.25, 0.3) is 0 Å². The number of pyridine rings is 1. The number of hydrogen-bond acceptors (Lipinski definition) is 6. The van der Waals surface area contributed by atoms with E-state index in [1.165, 1.54) is 0 Å². The molecule has 2 atom stereocenters. The minimum Gasteiger partial charge on any atom is -0.485 e. The second kappa shape index (κ2) is 7.93. The van der Waals surface area contributed by atoms with Crippen molar-refractivity contribution in [2.45, 2.75) is 50.0 Å². The first-order chi connectivity index (χ1) is 15.2. The van der Waals surface area contributed by atoms with Gasteiger partial charge in [0.15, 0.2) is 5.65 Å². The molecule has 7 nitrogen and oxygen atoms in total. The second-order valence-electron chi connectivity index (χ2n) is 9.33. The summed E-state index contributed by atoms with van der Waals surface area (Å²) in [5.74, 6) is 1.69. The van der Waals surface area contributed by atoms with E-state index >= 15 is 0 Å². The fraction of sp³-hybridized carbons (Fsp3) is 0.435. The molecule has 0 bridgehead atoms. The number of piperidine rings is 1. The number of hydrogen-bond donors (Lipinski definition) is 1. The monoisotopic (exact) mass is 471 g/mol. The van der Waals surface area contributed by atoms with Gasteiger partial charge in [0, 0.05) is 31.5 Å². The zero-order chi connectivity index (χ0) is 22.5. The number of benzene rings is 1. The van der Waals surface area contributed by atoms with Gasteiger partial charge in [0.05, 0.1) is 28.0 Å². The van der Waals surface area contributed by atoms with Gasteiger partial charge in [-0.25, -0.2) is 23.9 Å². The molecule has 4 heterocycles. The van der Waals surface area contributed by atoms with E-state index in [-0.39, 0.29) is 10.8 Å². The maximum absolute atomic E-state index is 13.0. The third kappa shape index (κ3) is 3.84. The van der Waals surface area contributed by atoms with E-state index in [1.807, 2.05) is 45.0 Å². The number of nitrogens with one attached hydrogen (secondary N) is 1. The Morgan fingerprint density at radius 1 is 1.16 bits per heavy atom. The molecular weight excluding hydrogens is 446 g/mol. The molecule has 1 spiro atoms. The van der Waals surface area contributed by atoms with Crippen molar-refractivity contribution in [3.8, 4) is 5.75 Å². The number of para-hydroxylation sites is 1. The molecule has 32 heavy (non-hydrogen) atoms. The Bertz CT molecular complexity index is 1190. The van der Waals surface area contributed by atoms with Crippen molar-refractivity contribution in [3.63, 3.8) is 0 Å². The van der Waals surface area contributed by atoms with Gasteiger partial charge in [-0.15, -0.1) is 0 Å². The Morgan fingerprint density at radius 2 is 1.91 bits per heavy atom. The Labute approximate surface area is 195 Å². The molecule has 1 N–H and O–H groups in total. The third-order valence-electron chi connectivity index (χ3n) is 6.14. The number of rotatable bonds is 3. The lowest BCUT2D eigenvalue weighted by atomic mass is 9.83. The summed E-state index contributed by atoms with van der Waals surface area (Å²) in [6.07, 6.45) is 3.30. The van der Waals surface area contributed by atoms with Crippen LogP contribution in [-0.4, -0.2) is 42.6 Å². The van der Waals surface area contributed by atoms with Crippen LogP contribution >= 0.6 is 11.6 Å². The van der Waals surface area contributed by atoms with Crippen molar-refractivity contribution < 1.29 is 8.95 Å². The average molecular weight is 472 g/mol. The highest BCUT2D eigenvalue weighted by atomic mass is 35.5. The standard InChI is InChI=1S/C23H26ClN5O2S/c1-22(2,3)32(30)28-20-15-6-4-5-7-17(15)31-23(20)10-12-29(13-11-23)19-14-25-21-16(26-19)8-9-18(24)27-21/h4-9,14,20,28H,10-13H2,1-3H3/t20-,32?/m1/s1. The van der Waals surface area contributed by atoms with E-state index in [2.05, 4.69) is 25.7 Å². The molecule has 1 aromatic carbocycles. The first-order valence-corrected chi connectivity index (χ1v) is 12.3. The highest BCUT2D eigenvalue weighted by Gasteiger charge is 2.51. The number of ether oxygens (including phenoxy) is 1. The van der Waals surface area contributed by atoms with Crippen molar-refractivity contribution >= 4 is 39.6 Å². The molecule has 1 fully saturated rings. The van der Waals surface area contributed by atoms with Crippen molar-refractivity contribution in [2.24, 2.45) is 0 Å². The van der Waals surface area contributed by atoms with Crippen molar-refractivity contribution in [1.29, 1.82) is 0 Å². The van der Waals surface area contributed by atoms with Crippen LogP contribution in [0.3, 0.4) is 0 Å². The summed E-state index contributed by atoms with van der Waals surface area (Å²) in [6, 6.07) is 11.5. The average Bonchev–Trinajstić information content (AvgIpc) is 3.06. The molecule has 2 aliphatic heterocycles. The summed E-state index contributed by atoms with van der Waals surface area (Å²) in [5, 5.41) is 0.406. The molecule has 2 aliphatic rings. The normalized spacial score (nSPS) is 20.9. The lowest BCUT2D eigenvalue weighted by molar-refractivity contribution is 0.0384. The van der Waals surface area contributed by atoms with Crippen LogP contribution in [0.4, 0.5) is 5.82 Å². The first-order valence-electron chi connectivity index (χ1n) is 10.8. The van der Waals surface area contributed by atoms with E-state index in [0.717, 1.165) is 48.6 Å². The Morgan fingerprint density at radius 3 is 2.66 bits per heavy atom. The zero-order valence-corrected chi connectivity index (χ0v) is 19.9. The predicted molar refractivity (Wildman–Crippen MR) is 127 cm³/mol. The SMILES string of the molecule is CC(C)(C)S(=O)N[C@@H]1c2ccccc2OC12CCN(c1cnc3nc(Cl)ccc3n1)CC2. The molecular formula is C23H26ClN5O2S. The fourth-order valence-corrected chi connectivity index (χ4v) is 5.41. The molecule has 0 radical (unpaired) electrons. The molecule has 0 aliphatic carbocycles. The van der Waals surface area contributed by atoms with Crippen LogP contribution in [-0.2, 0) is 11.0 Å². The number of anilines is 1. The van der Waals surface area contributed by atoms with Gasteiger partial charge in [-0.1, -0.05) is 29.8 Å². The van der Waals surface area contributed by atoms with Crippen LogP contribution in [0, 0.1) is 0 Å². The van der Waals surface area contributed by atoms with Crippen molar-refractivity contribution in [2.75, 3.05) is 18.0 Å². The number of fused-ring (bicyclic) bond motifs is 2. The van der Waals surface area contributed by atoms with Gasteiger partial charge in [-0.05, 0) is 39.0 Å². The Balaban J connectivity index is 1.39. The Kier molecular flexibility index (Phi) is 5.34. The smallest absolute Gasteiger partial charge is 0.179 e. The molecule has 1 saturated heterocycles. The predicted octanol–water partition coefficient (Wildman–Crippen LogP) is 4.20. The molecule has 2 aromatic heterocycles. The lowest BCUT2D eigenvalue weighted by Crippen LogP contribution is -2.54. The maximum atomic E-state index is 13.0. The summed E-state index contributed by atoms with van der Waals surface area (Å²) < 4.78 is 22.6. The summed E-state index contributed by atoms with van der Waals surface area (Å²) in [7, 11) is -1.21. The van der Waals surface area contributed by atoms with Crippen LogP contribution in [0.25, 0.3) is 11.2 Å². The third-order valence-corrected chi connectivity index (χ3v) is 7.91. The summed E-state index contributed by atoms with van der Waals surface area (Å²) in [4.78, 5) is 15.6. The molecule has 1 unspecified atom stereocenters. The number of aromatic nitrogens is 3. The summed E-state index contributed by atoms with van der Waals surface area (Å²) >= 11 is 5.96. The van der Waals surface area contributed by atoms with Crippen LogP contribution in [0.2, 0.25) is 5.15 Å². The molecule has 9 heteroatoms. The highest BCUT2D eigenvalue weighted by molar-refractivity contribution is 7.84. The highest BCUT2D eigenvalue weighted by Crippen LogP contribution is 2.49. The van der Waals surface area contributed by atoms with Gasteiger partial charge < -0.3 is 9.64 Å². The minimum atomic E-state index is -1.21. The maximum Gasteiger partial charge on any atom is 0.179 e. The zero-order valence-electron chi connectivity index (χ0n) is 18.3. The molecule has 0 amide bonds. The molecule has 3 aromatic rings. The number of nitrogens with zero attached hydrogens (tertiary/aromatic N) is 4. The van der Waals surface area contributed by atoms with Gasteiger partial charge in [-0.2, -0.15) is 0 Å². The van der Waals surface area contributed by atoms with E-state index in [1.54, 1.807) is 12.3 Å². The quantitative estimate of drug-likeness (QED) is 0.576. The van der Waals surface area contributed by atoms with Crippen molar-refractivity contribution in [1.82, 2.24) is 19.7 Å². The van der Waals surface area contributed by atoms with Gasteiger partial charge >= 0.3 is 0 Å². The molecule has 168 valence electrons. The number of halogens is 1. The largest absolute Gasteiger partial charge is 0.485 e. The summed E-state index contributed by atoms with van der Waals surface area (Å²) in [5.41, 5.74) is 1.89. The summed E-state index contributed by atoms with van der Waals surface area (Å²) in [6.45, 7) is 7.46. The van der Waals surface area contributed by atoms with E-state index < -0.39 is 16.6 Å². The van der Waals surface area contributed by atoms with Crippen LogP contribution in [0.5, 0.6) is 5.75 Å². The van der Waals surface area contributed by atoms with Crippen molar-refractivity contribution in [3.05, 3.63) is 53.3 Å². The van der Waals surface area contributed by atoms with Crippen LogP contribution < -0.4 is 14.4 Å². The Hall–Kier alpha value is -2.29. The van der Waals surface area contributed by atoms with Crippen LogP contribution in [0.1, 0.15) is 45.2 Å². The minimum absolute atomic E-state index is 0.130. The van der Waals surface area contributed by atoms with Gasteiger partial charge in [-0.3, -0.25) is 0 Å². The van der Waals surface area contributed by atoms with Gasteiger partial charge in [0.1, 0.15) is 27.8 Å².